The van der Waals surface area contributed by atoms with E-state index in [-0.39, 0.29) is 18.8 Å². The molecule has 0 unspecified atom stereocenters. The maximum atomic E-state index is 11.5. The second kappa shape index (κ2) is 4.88. The minimum absolute atomic E-state index is 0.140. The molecule has 0 amide bonds. The third-order valence-electron chi connectivity index (χ3n) is 2.05. The summed E-state index contributed by atoms with van der Waals surface area (Å²) < 4.78 is 4.54. The number of Topliss-reactive ketones (excluding diaryl/α,β-unsaturated/α-hetero) is 2. The molecule has 0 rings (SSSR count). The van der Waals surface area contributed by atoms with Crippen LogP contribution in [0.3, 0.4) is 0 Å². The van der Waals surface area contributed by atoms with Crippen molar-refractivity contribution in [2.24, 2.45) is 5.41 Å². The first-order valence-corrected chi connectivity index (χ1v) is 4.62. The molecule has 0 aromatic carbocycles. The molecule has 0 aliphatic rings. The van der Waals surface area contributed by atoms with Crippen molar-refractivity contribution in [1.29, 1.82) is 0 Å². The molecule has 0 fully saturated rings. The fourth-order valence-electron chi connectivity index (χ4n) is 1.02. The van der Waals surface area contributed by atoms with E-state index < -0.39 is 17.2 Å². The van der Waals surface area contributed by atoms with Gasteiger partial charge >= 0.3 is 5.97 Å². The van der Waals surface area contributed by atoms with E-state index in [2.05, 4.69) is 4.74 Å². The van der Waals surface area contributed by atoms with E-state index in [0.29, 0.717) is 0 Å². The number of rotatable bonds is 5. The normalized spacial score (nSPS) is 10.9. The van der Waals surface area contributed by atoms with Crippen LogP contribution >= 0.6 is 0 Å². The molecule has 4 heteroatoms. The Labute approximate surface area is 83.6 Å². The highest BCUT2D eigenvalue weighted by atomic mass is 16.5. The Balaban J connectivity index is 4.66. The number of hydrogen-bond acceptors (Lipinski definition) is 4. The van der Waals surface area contributed by atoms with Crippen LogP contribution in [0.25, 0.3) is 0 Å². The van der Waals surface area contributed by atoms with Gasteiger partial charge < -0.3 is 4.74 Å². The molecular weight excluding hydrogens is 184 g/mol. The molecule has 0 N–H and O–H groups in total. The van der Waals surface area contributed by atoms with Gasteiger partial charge in [-0.2, -0.15) is 0 Å². The van der Waals surface area contributed by atoms with E-state index >= 15 is 0 Å². The molecule has 0 aliphatic carbocycles. The molecule has 0 radical (unpaired) electrons. The van der Waals surface area contributed by atoms with Crippen LogP contribution in [0, 0.1) is 5.41 Å². The fraction of sp³-hybridized carbons (Fsp3) is 0.700. The van der Waals surface area contributed by atoms with Crippen LogP contribution in [0.5, 0.6) is 0 Å². The molecule has 0 aromatic rings. The highest BCUT2D eigenvalue weighted by molar-refractivity contribution is 6.40. The second-order valence-corrected chi connectivity index (χ2v) is 3.45. The summed E-state index contributed by atoms with van der Waals surface area (Å²) in [6.45, 7) is 6.29. The highest BCUT2D eigenvalue weighted by Crippen LogP contribution is 2.20. The van der Waals surface area contributed by atoms with Crippen molar-refractivity contribution in [3.63, 3.8) is 0 Å². The van der Waals surface area contributed by atoms with Gasteiger partial charge in [-0.25, -0.2) is 4.79 Å². The third-order valence-corrected chi connectivity index (χ3v) is 2.05. The van der Waals surface area contributed by atoms with Gasteiger partial charge in [0.05, 0.1) is 12.0 Å². The summed E-state index contributed by atoms with van der Waals surface area (Å²) in [4.78, 5) is 33.9. The number of ketones is 2. The van der Waals surface area contributed by atoms with Gasteiger partial charge in [-0.15, -0.1) is 0 Å². The van der Waals surface area contributed by atoms with Crippen LogP contribution in [0.15, 0.2) is 0 Å². The average molecular weight is 200 g/mol. The lowest BCUT2D eigenvalue weighted by Crippen LogP contribution is -2.38. The smallest absolute Gasteiger partial charge is 0.375 e. The number of carbonyl (C=O) groups is 3. The Hall–Kier alpha value is -1.19. The molecule has 0 spiro atoms. The standard InChI is InChI=1S/C10H16O4/c1-5-7(11)10(3,4)8(12)9(13)14-6-2/h5-6H2,1-4H3. The van der Waals surface area contributed by atoms with Gasteiger partial charge in [0.25, 0.3) is 5.78 Å². The fourth-order valence-corrected chi connectivity index (χ4v) is 1.02. The number of carbonyl (C=O) groups excluding carboxylic acids is 3. The van der Waals surface area contributed by atoms with Crippen molar-refractivity contribution in [1.82, 2.24) is 0 Å². The average Bonchev–Trinajstić information content (AvgIpc) is 2.15. The van der Waals surface area contributed by atoms with Gasteiger partial charge in [0, 0.05) is 6.42 Å². The van der Waals surface area contributed by atoms with Crippen molar-refractivity contribution in [2.45, 2.75) is 34.1 Å². The van der Waals surface area contributed by atoms with E-state index in [1.807, 2.05) is 0 Å². The van der Waals surface area contributed by atoms with E-state index in [9.17, 15) is 14.4 Å². The summed E-state index contributed by atoms with van der Waals surface area (Å²) in [5.74, 6) is -1.96. The molecule has 4 nitrogen and oxygen atoms in total. The van der Waals surface area contributed by atoms with Gasteiger partial charge in [0.1, 0.15) is 5.78 Å². The van der Waals surface area contributed by atoms with Gasteiger partial charge in [0.15, 0.2) is 0 Å². The maximum absolute atomic E-state index is 11.5. The number of esters is 1. The predicted molar refractivity (Wildman–Crippen MR) is 50.7 cm³/mol. The largest absolute Gasteiger partial charge is 0.460 e. The minimum atomic E-state index is -1.26. The SMILES string of the molecule is CCOC(=O)C(=O)C(C)(C)C(=O)CC. The Morgan fingerprint density at radius 2 is 1.64 bits per heavy atom. The number of ether oxygens (including phenoxy) is 1. The van der Waals surface area contributed by atoms with Crippen molar-refractivity contribution >= 4 is 17.5 Å². The Bertz CT molecular complexity index is 253. The second-order valence-electron chi connectivity index (χ2n) is 3.45. The van der Waals surface area contributed by atoms with Gasteiger partial charge in [-0.1, -0.05) is 6.92 Å². The lowest BCUT2D eigenvalue weighted by molar-refractivity contribution is -0.159. The molecular formula is C10H16O4. The zero-order chi connectivity index (χ0) is 11.4. The third kappa shape index (κ3) is 2.65. The zero-order valence-electron chi connectivity index (χ0n) is 9.05. The molecule has 0 bridgehead atoms. The van der Waals surface area contributed by atoms with Crippen molar-refractivity contribution < 1.29 is 19.1 Å². The molecule has 14 heavy (non-hydrogen) atoms. The van der Waals surface area contributed by atoms with Crippen LogP contribution < -0.4 is 0 Å². The zero-order valence-corrected chi connectivity index (χ0v) is 9.05. The van der Waals surface area contributed by atoms with Gasteiger partial charge in [-0.3, -0.25) is 9.59 Å². The summed E-state index contributed by atoms with van der Waals surface area (Å²) in [7, 11) is 0. The molecule has 0 saturated heterocycles. The monoisotopic (exact) mass is 200 g/mol. The van der Waals surface area contributed by atoms with E-state index in [0.717, 1.165) is 0 Å². The maximum Gasteiger partial charge on any atom is 0.375 e. The van der Waals surface area contributed by atoms with Crippen molar-refractivity contribution in [3.8, 4) is 0 Å². The first-order chi connectivity index (χ1) is 6.37. The molecule has 0 heterocycles. The lowest BCUT2D eigenvalue weighted by Gasteiger charge is -2.18. The minimum Gasteiger partial charge on any atom is -0.460 e. The predicted octanol–water partition coefficient (Wildman–Crippen LogP) is 1.12. The molecule has 80 valence electrons. The molecule has 0 aliphatic heterocycles. The molecule has 0 aromatic heterocycles. The quantitative estimate of drug-likeness (QED) is 0.379. The molecule has 0 atom stereocenters. The topological polar surface area (TPSA) is 60.4 Å². The Morgan fingerprint density at radius 1 is 1.14 bits per heavy atom. The highest BCUT2D eigenvalue weighted by Gasteiger charge is 2.39. The Morgan fingerprint density at radius 3 is 2.00 bits per heavy atom. The van der Waals surface area contributed by atoms with Crippen molar-refractivity contribution in [2.75, 3.05) is 6.61 Å². The van der Waals surface area contributed by atoms with E-state index in [1.165, 1.54) is 13.8 Å². The van der Waals surface area contributed by atoms with Crippen LogP contribution in [0.1, 0.15) is 34.1 Å². The van der Waals surface area contributed by atoms with Gasteiger partial charge in [-0.05, 0) is 20.8 Å². The van der Waals surface area contributed by atoms with Crippen LogP contribution in [-0.2, 0) is 19.1 Å². The van der Waals surface area contributed by atoms with Gasteiger partial charge in [0.2, 0.25) is 0 Å². The van der Waals surface area contributed by atoms with Crippen molar-refractivity contribution in [3.05, 3.63) is 0 Å². The summed E-state index contributed by atoms with van der Waals surface area (Å²) >= 11 is 0. The van der Waals surface area contributed by atoms with Crippen LogP contribution in [0.4, 0.5) is 0 Å². The van der Waals surface area contributed by atoms with E-state index in [4.69, 9.17) is 0 Å². The Kier molecular flexibility index (Phi) is 4.47. The summed E-state index contributed by atoms with van der Waals surface area (Å²) in [6, 6.07) is 0. The summed E-state index contributed by atoms with van der Waals surface area (Å²) in [6.07, 6.45) is 0.234. The number of hydrogen-bond donors (Lipinski definition) is 0. The lowest BCUT2D eigenvalue weighted by atomic mass is 9.82. The van der Waals surface area contributed by atoms with Crippen LogP contribution in [-0.4, -0.2) is 24.1 Å². The van der Waals surface area contributed by atoms with Crippen LogP contribution in [0.2, 0.25) is 0 Å². The first kappa shape index (κ1) is 12.8. The first-order valence-electron chi connectivity index (χ1n) is 4.62. The van der Waals surface area contributed by atoms with E-state index in [1.54, 1.807) is 13.8 Å². The summed E-state index contributed by atoms with van der Waals surface area (Å²) in [5.41, 5.74) is -1.26. The summed E-state index contributed by atoms with van der Waals surface area (Å²) in [5, 5.41) is 0. The molecule has 0 saturated carbocycles.